The van der Waals surface area contributed by atoms with Crippen molar-refractivity contribution in [2.45, 2.75) is 32.4 Å². The summed E-state index contributed by atoms with van der Waals surface area (Å²) in [5, 5.41) is 3.38. The lowest BCUT2D eigenvalue weighted by atomic mass is 10.0. The minimum absolute atomic E-state index is 0.244. The number of nitrogens with one attached hydrogen (secondary N) is 1. The van der Waals surface area contributed by atoms with Crippen LogP contribution in [0.1, 0.15) is 34.3 Å². The Morgan fingerprint density at radius 2 is 2.00 bits per heavy atom. The van der Waals surface area contributed by atoms with Gasteiger partial charge in [-0.2, -0.15) is 0 Å². The maximum atomic E-state index is 11.4. The van der Waals surface area contributed by atoms with Gasteiger partial charge in [-0.25, -0.2) is 8.42 Å². The second-order valence-electron chi connectivity index (χ2n) is 5.31. The van der Waals surface area contributed by atoms with Crippen LogP contribution < -0.4 is 11.1 Å². The zero-order valence-electron chi connectivity index (χ0n) is 11.6. The topological polar surface area (TPSA) is 89.3 Å². The van der Waals surface area contributed by atoms with Crippen LogP contribution in [-0.4, -0.2) is 31.9 Å². The van der Waals surface area contributed by atoms with Crippen molar-refractivity contribution >= 4 is 15.7 Å². The van der Waals surface area contributed by atoms with Crippen LogP contribution >= 0.6 is 0 Å². The van der Waals surface area contributed by atoms with Gasteiger partial charge < -0.3 is 11.1 Å². The molecule has 1 saturated heterocycles. The molecular formula is C14H20N2O3S. The van der Waals surface area contributed by atoms with Crippen LogP contribution in [0.25, 0.3) is 0 Å². The van der Waals surface area contributed by atoms with Crippen LogP contribution in [-0.2, 0) is 16.4 Å². The van der Waals surface area contributed by atoms with Gasteiger partial charge >= 0.3 is 0 Å². The molecule has 1 amide bonds. The number of sulfone groups is 1. The summed E-state index contributed by atoms with van der Waals surface area (Å²) in [6.45, 7) is 2.62. The fraction of sp³-hybridized carbons (Fsp3) is 0.500. The molecule has 1 aromatic carbocycles. The number of carbonyl (C=O) groups excluding carboxylic acids is 1. The van der Waals surface area contributed by atoms with E-state index < -0.39 is 15.7 Å². The Morgan fingerprint density at radius 1 is 1.35 bits per heavy atom. The molecule has 6 heteroatoms. The minimum atomic E-state index is -2.81. The molecule has 1 aromatic rings. The van der Waals surface area contributed by atoms with Crippen molar-refractivity contribution in [2.24, 2.45) is 5.73 Å². The third-order valence-electron chi connectivity index (χ3n) is 3.76. The first kappa shape index (κ1) is 15.0. The first-order valence-corrected chi connectivity index (χ1v) is 8.53. The van der Waals surface area contributed by atoms with E-state index in [1.54, 1.807) is 12.1 Å². The van der Waals surface area contributed by atoms with Crippen molar-refractivity contribution in [2.75, 3.05) is 11.5 Å². The quantitative estimate of drug-likeness (QED) is 0.858. The largest absolute Gasteiger partial charge is 0.366 e. The molecule has 110 valence electrons. The third-order valence-corrected chi connectivity index (χ3v) is 5.48. The molecule has 1 aliphatic rings. The highest BCUT2D eigenvalue weighted by atomic mass is 32.2. The zero-order valence-corrected chi connectivity index (χ0v) is 12.4. The number of carbonyl (C=O) groups is 1. The van der Waals surface area contributed by atoms with Crippen LogP contribution in [0.4, 0.5) is 0 Å². The molecule has 0 atom stereocenters. The molecule has 3 N–H and O–H groups in total. The van der Waals surface area contributed by atoms with Gasteiger partial charge in [-0.15, -0.1) is 0 Å². The van der Waals surface area contributed by atoms with Gasteiger partial charge in [0, 0.05) is 18.2 Å². The molecule has 0 spiro atoms. The Balaban J connectivity index is 1.93. The predicted octanol–water partition coefficient (Wildman–Crippen LogP) is 0.761. The molecule has 20 heavy (non-hydrogen) atoms. The van der Waals surface area contributed by atoms with E-state index in [0.717, 1.165) is 11.1 Å². The Kier molecular flexibility index (Phi) is 4.45. The van der Waals surface area contributed by atoms with E-state index in [1.165, 1.54) is 0 Å². The van der Waals surface area contributed by atoms with Crippen LogP contribution in [0, 0.1) is 6.92 Å². The number of primary amides is 1. The van der Waals surface area contributed by atoms with Crippen molar-refractivity contribution in [3.05, 3.63) is 34.9 Å². The Morgan fingerprint density at radius 3 is 2.55 bits per heavy atom. The summed E-state index contributed by atoms with van der Waals surface area (Å²) in [7, 11) is -2.81. The first-order chi connectivity index (χ1) is 9.37. The summed E-state index contributed by atoms with van der Waals surface area (Å²) >= 11 is 0. The summed E-state index contributed by atoms with van der Waals surface area (Å²) in [6.07, 6.45) is 1.33. The second-order valence-corrected chi connectivity index (χ2v) is 7.62. The van der Waals surface area contributed by atoms with Gasteiger partial charge in [-0.05, 0) is 43.0 Å². The molecule has 1 heterocycles. The van der Waals surface area contributed by atoms with E-state index in [-0.39, 0.29) is 17.5 Å². The third kappa shape index (κ3) is 3.80. The van der Waals surface area contributed by atoms with Gasteiger partial charge in [-0.3, -0.25) is 4.79 Å². The molecule has 1 fully saturated rings. The minimum Gasteiger partial charge on any atom is -0.366 e. The van der Waals surface area contributed by atoms with Gasteiger partial charge in [0.1, 0.15) is 9.84 Å². The standard InChI is InChI=1S/C14H20N2O3S/c1-10-8-11(14(15)17)2-3-12(10)9-16-13-4-6-20(18,19)7-5-13/h2-3,8,13,16H,4-7,9H2,1H3,(H2,15,17). The van der Waals surface area contributed by atoms with Crippen molar-refractivity contribution in [3.8, 4) is 0 Å². The molecular weight excluding hydrogens is 276 g/mol. The monoisotopic (exact) mass is 296 g/mol. The predicted molar refractivity (Wildman–Crippen MR) is 78.2 cm³/mol. The van der Waals surface area contributed by atoms with E-state index in [1.807, 2.05) is 13.0 Å². The number of nitrogens with two attached hydrogens (primary N) is 1. The molecule has 0 aromatic heterocycles. The summed E-state index contributed by atoms with van der Waals surface area (Å²) in [5.41, 5.74) is 7.86. The fourth-order valence-electron chi connectivity index (χ4n) is 2.40. The van der Waals surface area contributed by atoms with Crippen LogP contribution in [0.5, 0.6) is 0 Å². The summed E-state index contributed by atoms with van der Waals surface area (Å²) in [5.74, 6) is 0.110. The van der Waals surface area contributed by atoms with E-state index in [2.05, 4.69) is 5.32 Å². The average molecular weight is 296 g/mol. The number of amides is 1. The van der Waals surface area contributed by atoms with E-state index >= 15 is 0 Å². The molecule has 1 aliphatic heterocycles. The lowest BCUT2D eigenvalue weighted by Crippen LogP contribution is -2.37. The van der Waals surface area contributed by atoms with Gasteiger partial charge in [0.2, 0.25) is 5.91 Å². The number of hydrogen-bond acceptors (Lipinski definition) is 4. The van der Waals surface area contributed by atoms with Gasteiger partial charge in [0.05, 0.1) is 11.5 Å². The highest BCUT2D eigenvalue weighted by Crippen LogP contribution is 2.15. The molecule has 5 nitrogen and oxygen atoms in total. The average Bonchev–Trinajstić information content (AvgIpc) is 2.38. The number of rotatable bonds is 4. The van der Waals surface area contributed by atoms with Crippen molar-refractivity contribution < 1.29 is 13.2 Å². The summed E-state index contributed by atoms with van der Waals surface area (Å²) in [4.78, 5) is 11.1. The summed E-state index contributed by atoms with van der Waals surface area (Å²) < 4.78 is 22.7. The number of hydrogen-bond donors (Lipinski definition) is 2. The molecule has 0 radical (unpaired) electrons. The van der Waals surface area contributed by atoms with Crippen molar-refractivity contribution in [3.63, 3.8) is 0 Å². The smallest absolute Gasteiger partial charge is 0.248 e. The van der Waals surface area contributed by atoms with E-state index in [0.29, 0.717) is 24.9 Å². The molecule has 2 rings (SSSR count). The summed E-state index contributed by atoms with van der Waals surface area (Å²) in [6, 6.07) is 5.64. The van der Waals surface area contributed by atoms with E-state index in [9.17, 15) is 13.2 Å². The fourth-order valence-corrected chi connectivity index (χ4v) is 3.89. The van der Waals surface area contributed by atoms with Crippen LogP contribution in [0.3, 0.4) is 0 Å². The molecule has 0 unspecified atom stereocenters. The lowest BCUT2D eigenvalue weighted by molar-refractivity contribution is 0.1000. The SMILES string of the molecule is Cc1cc(C(N)=O)ccc1CNC1CCS(=O)(=O)CC1. The maximum Gasteiger partial charge on any atom is 0.248 e. The number of aryl methyl sites for hydroxylation is 1. The van der Waals surface area contributed by atoms with Crippen LogP contribution in [0.2, 0.25) is 0 Å². The second kappa shape index (κ2) is 5.93. The van der Waals surface area contributed by atoms with Crippen molar-refractivity contribution in [1.82, 2.24) is 5.32 Å². The van der Waals surface area contributed by atoms with E-state index in [4.69, 9.17) is 5.73 Å². The highest BCUT2D eigenvalue weighted by Gasteiger charge is 2.23. The maximum absolute atomic E-state index is 11.4. The lowest BCUT2D eigenvalue weighted by Gasteiger charge is -2.23. The Hall–Kier alpha value is -1.40. The van der Waals surface area contributed by atoms with Gasteiger partial charge in [-0.1, -0.05) is 6.07 Å². The normalized spacial score (nSPS) is 18.9. The van der Waals surface area contributed by atoms with Gasteiger partial charge in [0.15, 0.2) is 0 Å². The molecule has 0 bridgehead atoms. The van der Waals surface area contributed by atoms with Crippen molar-refractivity contribution in [1.29, 1.82) is 0 Å². The Bertz CT molecular complexity index is 597. The zero-order chi connectivity index (χ0) is 14.8. The first-order valence-electron chi connectivity index (χ1n) is 6.70. The molecule has 0 aliphatic carbocycles. The Labute approximate surface area is 119 Å². The number of benzene rings is 1. The van der Waals surface area contributed by atoms with Crippen LogP contribution in [0.15, 0.2) is 18.2 Å². The van der Waals surface area contributed by atoms with Gasteiger partial charge in [0.25, 0.3) is 0 Å². The highest BCUT2D eigenvalue weighted by molar-refractivity contribution is 7.91. The molecule has 0 saturated carbocycles.